The number of rotatable bonds is 9. The zero-order chi connectivity index (χ0) is 14.7. The molecule has 0 aliphatic heterocycles. The van der Waals surface area contributed by atoms with E-state index >= 15 is 0 Å². The van der Waals surface area contributed by atoms with E-state index in [1.165, 1.54) is 0 Å². The minimum absolute atomic E-state index is 0.0341. The van der Waals surface area contributed by atoms with Crippen molar-refractivity contribution in [2.24, 2.45) is 5.16 Å². The van der Waals surface area contributed by atoms with Gasteiger partial charge >= 0.3 is 11.9 Å². The Balaban J connectivity index is 4.65. The van der Waals surface area contributed by atoms with Crippen LogP contribution in [-0.4, -0.2) is 43.6 Å². The maximum Gasteiger partial charge on any atom is 0.349 e. The molecule has 1 unspecified atom stereocenters. The Morgan fingerprint density at radius 1 is 1.16 bits per heavy atom. The highest BCUT2D eigenvalue weighted by molar-refractivity contribution is 5.98. The number of esters is 2. The van der Waals surface area contributed by atoms with Gasteiger partial charge in [0, 0.05) is 12.8 Å². The molecule has 0 aliphatic carbocycles. The maximum atomic E-state index is 14.4. The Hall–Kier alpha value is -1.66. The van der Waals surface area contributed by atoms with Crippen molar-refractivity contribution in [3.05, 3.63) is 0 Å². The van der Waals surface area contributed by atoms with E-state index in [9.17, 15) is 14.0 Å². The SMILES string of the molecule is CCON=CC(F)(CCC(=O)OCC)C(=O)OCC. The third-order valence-corrected chi connectivity index (χ3v) is 2.07. The number of carbonyl (C=O) groups excluding carboxylic acids is 2. The maximum absolute atomic E-state index is 14.4. The summed E-state index contributed by atoms with van der Waals surface area (Å²) >= 11 is 0. The Bertz CT molecular complexity index is 321. The molecule has 0 N–H and O–H groups in total. The van der Waals surface area contributed by atoms with E-state index < -0.39 is 24.0 Å². The third kappa shape index (κ3) is 6.73. The van der Waals surface area contributed by atoms with Crippen LogP contribution in [0.25, 0.3) is 0 Å². The second kappa shape index (κ2) is 9.29. The molecule has 0 rings (SSSR count). The highest BCUT2D eigenvalue weighted by Gasteiger charge is 2.39. The van der Waals surface area contributed by atoms with Gasteiger partial charge in [-0.05, 0) is 20.8 Å². The Morgan fingerprint density at radius 3 is 2.32 bits per heavy atom. The molecule has 0 radical (unpaired) electrons. The van der Waals surface area contributed by atoms with Gasteiger partial charge < -0.3 is 14.3 Å². The van der Waals surface area contributed by atoms with Gasteiger partial charge in [-0.1, -0.05) is 5.16 Å². The molecule has 0 fully saturated rings. The lowest BCUT2D eigenvalue weighted by atomic mass is 10.0. The Labute approximate surface area is 111 Å². The van der Waals surface area contributed by atoms with Crippen LogP contribution in [0.4, 0.5) is 4.39 Å². The molecule has 0 saturated carbocycles. The molecule has 110 valence electrons. The number of hydrogen-bond donors (Lipinski definition) is 0. The van der Waals surface area contributed by atoms with Crippen LogP contribution in [0.2, 0.25) is 0 Å². The van der Waals surface area contributed by atoms with E-state index in [0.29, 0.717) is 6.21 Å². The lowest BCUT2D eigenvalue weighted by Crippen LogP contribution is -2.38. The van der Waals surface area contributed by atoms with E-state index in [1.54, 1.807) is 20.8 Å². The number of nitrogens with zero attached hydrogens (tertiary/aromatic N) is 1. The van der Waals surface area contributed by atoms with Crippen LogP contribution >= 0.6 is 0 Å². The van der Waals surface area contributed by atoms with E-state index in [1.807, 2.05) is 0 Å². The minimum Gasteiger partial charge on any atom is -0.466 e. The van der Waals surface area contributed by atoms with Crippen molar-refractivity contribution in [3.63, 3.8) is 0 Å². The predicted octanol–water partition coefficient (Wildman–Crippen LogP) is 1.62. The van der Waals surface area contributed by atoms with Crippen molar-refractivity contribution in [2.75, 3.05) is 19.8 Å². The van der Waals surface area contributed by atoms with Gasteiger partial charge in [0.05, 0.1) is 19.4 Å². The topological polar surface area (TPSA) is 74.2 Å². The summed E-state index contributed by atoms with van der Waals surface area (Å²) in [6, 6.07) is 0. The van der Waals surface area contributed by atoms with Crippen LogP contribution in [-0.2, 0) is 23.9 Å². The Kier molecular flexibility index (Phi) is 8.48. The highest BCUT2D eigenvalue weighted by Crippen LogP contribution is 2.19. The van der Waals surface area contributed by atoms with Crippen LogP contribution in [0.1, 0.15) is 33.6 Å². The summed E-state index contributed by atoms with van der Waals surface area (Å²) in [6.07, 6.45) is 0.0657. The van der Waals surface area contributed by atoms with Crippen LogP contribution in [0, 0.1) is 0 Å². The summed E-state index contributed by atoms with van der Waals surface area (Å²) < 4.78 is 23.7. The number of ether oxygens (including phenoxy) is 2. The summed E-state index contributed by atoms with van der Waals surface area (Å²) in [5, 5.41) is 3.34. The molecule has 0 heterocycles. The van der Waals surface area contributed by atoms with Gasteiger partial charge in [0.2, 0.25) is 5.67 Å². The molecule has 0 aromatic heterocycles. The van der Waals surface area contributed by atoms with Crippen LogP contribution < -0.4 is 0 Å². The summed E-state index contributed by atoms with van der Waals surface area (Å²) in [6.45, 7) is 5.34. The second-order valence-corrected chi connectivity index (χ2v) is 3.54. The zero-order valence-electron chi connectivity index (χ0n) is 11.5. The van der Waals surface area contributed by atoms with Crippen molar-refractivity contribution >= 4 is 18.2 Å². The summed E-state index contributed by atoms with van der Waals surface area (Å²) in [4.78, 5) is 27.3. The number of hydrogen-bond acceptors (Lipinski definition) is 6. The fourth-order valence-electron chi connectivity index (χ4n) is 1.18. The van der Waals surface area contributed by atoms with E-state index in [-0.39, 0.29) is 26.2 Å². The summed E-state index contributed by atoms with van der Waals surface area (Å²) in [7, 11) is 0. The molecular weight excluding hydrogens is 257 g/mol. The van der Waals surface area contributed by atoms with Gasteiger partial charge in [-0.2, -0.15) is 0 Å². The Morgan fingerprint density at radius 2 is 1.79 bits per heavy atom. The van der Waals surface area contributed by atoms with Crippen molar-refractivity contribution in [2.45, 2.75) is 39.3 Å². The molecule has 1 atom stereocenters. The van der Waals surface area contributed by atoms with Crippen LogP contribution in [0.5, 0.6) is 0 Å². The molecule has 0 bridgehead atoms. The molecule has 7 heteroatoms. The first kappa shape index (κ1) is 17.3. The monoisotopic (exact) mass is 277 g/mol. The van der Waals surface area contributed by atoms with E-state index in [2.05, 4.69) is 19.5 Å². The molecule has 0 aromatic rings. The van der Waals surface area contributed by atoms with Crippen LogP contribution in [0.3, 0.4) is 0 Å². The van der Waals surface area contributed by atoms with Crippen molar-refractivity contribution in [3.8, 4) is 0 Å². The molecule has 0 aliphatic rings. The first-order valence-corrected chi connectivity index (χ1v) is 6.18. The van der Waals surface area contributed by atoms with Gasteiger partial charge in [-0.15, -0.1) is 0 Å². The third-order valence-electron chi connectivity index (χ3n) is 2.07. The first-order chi connectivity index (χ1) is 9.00. The minimum atomic E-state index is -2.49. The molecular formula is C12H20FNO5. The van der Waals surface area contributed by atoms with Crippen molar-refractivity contribution in [1.82, 2.24) is 0 Å². The summed E-state index contributed by atoms with van der Waals surface area (Å²) in [5.74, 6) is -1.68. The lowest BCUT2D eigenvalue weighted by molar-refractivity contribution is -0.153. The fourth-order valence-corrected chi connectivity index (χ4v) is 1.18. The van der Waals surface area contributed by atoms with Gasteiger partial charge in [-0.25, -0.2) is 9.18 Å². The zero-order valence-corrected chi connectivity index (χ0v) is 11.5. The molecule has 0 saturated heterocycles. The average Bonchev–Trinajstić information content (AvgIpc) is 2.37. The fraction of sp³-hybridized carbons (Fsp3) is 0.750. The molecule has 0 amide bonds. The molecule has 19 heavy (non-hydrogen) atoms. The van der Waals surface area contributed by atoms with Gasteiger partial charge in [-0.3, -0.25) is 4.79 Å². The lowest BCUT2D eigenvalue weighted by Gasteiger charge is -2.17. The van der Waals surface area contributed by atoms with Crippen molar-refractivity contribution in [1.29, 1.82) is 0 Å². The first-order valence-electron chi connectivity index (χ1n) is 6.18. The number of oxime groups is 1. The van der Waals surface area contributed by atoms with Crippen molar-refractivity contribution < 1.29 is 28.3 Å². The molecule has 6 nitrogen and oxygen atoms in total. The van der Waals surface area contributed by atoms with E-state index in [0.717, 1.165) is 0 Å². The van der Waals surface area contributed by atoms with Crippen LogP contribution in [0.15, 0.2) is 5.16 Å². The number of alkyl halides is 1. The van der Waals surface area contributed by atoms with Gasteiger partial charge in [0.25, 0.3) is 0 Å². The predicted molar refractivity (Wildman–Crippen MR) is 66.5 cm³/mol. The molecule has 0 aromatic carbocycles. The second-order valence-electron chi connectivity index (χ2n) is 3.54. The highest BCUT2D eigenvalue weighted by atomic mass is 19.1. The number of halogens is 1. The molecule has 0 spiro atoms. The largest absolute Gasteiger partial charge is 0.466 e. The van der Waals surface area contributed by atoms with Gasteiger partial charge in [0.1, 0.15) is 6.61 Å². The van der Waals surface area contributed by atoms with E-state index in [4.69, 9.17) is 0 Å². The average molecular weight is 277 g/mol. The number of carbonyl (C=O) groups is 2. The summed E-state index contributed by atoms with van der Waals surface area (Å²) in [5.41, 5.74) is -2.49. The quantitative estimate of drug-likeness (QED) is 0.364. The van der Waals surface area contributed by atoms with Gasteiger partial charge in [0.15, 0.2) is 0 Å². The smallest absolute Gasteiger partial charge is 0.349 e. The normalized spacial score (nSPS) is 13.9. The standard InChI is InChI=1S/C12H20FNO5/c1-4-17-10(15)7-8-12(13,9-14-19-6-3)11(16)18-5-2/h9H,4-8H2,1-3H3.